The molecule has 3 amide bonds. The second-order valence-corrected chi connectivity index (χ2v) is 16.0. The summed E-state index contributed by atoms with van der Waals surface area (Å²) in [7, 11) is 0. The van der Waals surface area contributed by atoms with E-state index in [9.17, 15) is 19.5 Å². The molecule has 3 fully saturated rings. The minimum absolute atomic E-state index is 0.126. The maximum absolute atomic E-state index is 13.1. The molecule has 0 saturated carbocycles. The number of imide groups is 1. The number of aliphatic hydroxyl groups is 1. The highest BCUT2D eigenvalue weighted by atomic mass is 16.5. The molecule has 4 aliphatic heterocycles. The highest BCUT2D eigenvalue weighted by molar-refractivity contribution is 6.05. The number of hydrogen-bond acceptors (Lipinski definition) is 7. The van der Waals surface area contributed by atoms with Crippen LogP contribution in [0, 0.1) is 5.92 Å². The second-order valence-electron chi connectivity index (χ2n) is 16.0. The first kappa shape index (κ1) is 36.8. The normalized spacial score (nSPS) is 24.1. The van der Waals surface area contributed by atoms with Crippen LogP contribution in [0.3, 0.4) is 0 Å². The fourth-order valence-corrected chi connectivity index (χ4v) is 9.63. The molecule has 4 heterocycles. The van der Waals surface area contributed by atoms with E-state index in [1.807, 2.05) is 24.3 Å². The van der Waals surface area contributed by atoms with Crippen LogP contribution in [-0.2, 0) is 16.1 Å². The first-order chi connectivity index (χ1) is 26.7. The number of likely N-dealkylation sites (tertiary alicyclic amines) is 1. The molecule has 3 aromatic rings. The summed E-state index contributed by atoms with van der Waals surface area (Å²) in [5.41, 5.74) is 7.66. The monoisotopic (exact) mass is 740 g/mol. The lowest BCUT2D eigenvalue weighted by atomic mass is 9.69. The van der Waals surface area contributed by atoms with Gasteiger partial charge in [0.05, 0.1) is 12.4 Å². The van der Waals surface area contributed by atoms with Crippen molar-refractivity contribution in [3.05, 3.63) is 131 Å². The summed E-state index contributed by atoms with van der Waals surface area (Å²) in [6.07, 6.45) is 9.69. The van der Waals surface area contributed by atoms with Crippen molar-refractivity contribution in [1.29, 1.82) is 0 Å². The van der Waals surface area contributed by atoms with Crippen molar-refractivity contribution in [2.45, 2.75) is 82.3 Å². The molecule has 0 radical (unpaired) electrons. The van der Waals surface area contributed by atoms with Crippen molar-refractivity contribution < 1.29 is 24.2 Å². The summed E-state index contributed by atoms with van der Waals surface area (Å²) >= 11 is 0. The molecule has 0 spiro atoms. The average molecular weight is 741 g/mol. The van der Waals surface area contributed by atoms with Crippen LogP contribution in [0.15, 0.2) is 108 Å². The maximum atomic E-state index is 13.1. The number of carbonyl (C=O) groups is 3. The van der Waals surface area contributed by atoms with Crippen LogP contribution in [-0.4, -0.2) is 77.5 Å². The predicted octanol–water partition coefficient (Wildman–Crippen LogP) is 7.42. The van der Waals surface area contributed by atoms with Crippen molar-refractivity contribution >= 4 is 23.4 Å². The maximum Gasteiger partial charge on any atom is 0.255 e. The molecule has 3 aromatic carbocycles. The van der Waals surface area contributed by atoms with Gasteiger partial charge >= 0.3 is 0 Å². The summed E-state index contributed by atoms with van der Waals surface area (Å²) in [6.45, 7) is 11.2. The van der Waals surface area contributed by atoms with E-state index in [1.54, 1.807) is 11.8 Å². The first-order valence-corrected chi connectivity index (χ1v) is 20.0. The van der Waals surface area contributed by atoms with Gasteiger partial charge in [-0.25, -0.2) is 0 Å². The van der Waals surface area contributed by atoms with Crippen LogP contribution < -0.4 is 15.0 Å². The SMILES string of the molecule is C=CC1=C(/C=C(\C)O)CCC(c2ccccc2)C1c1ccc(OCCC2CN(C3CCN(c4ccc5c(c4)CN(C4CCC(=O)NC4=O)C5=O)CC3)C2)cc1. The summed E-state index contributed by atoms with van der Waals surface area (Å²) in [5, 5.41) is 12.5. The van der Waals surface area contributed by atoms with E-state index in [2.05, 4.69) is 82.4 Å². The smallest absolute Gasteiger partial charge is 0.255 e. The van der Waals surface area contributed by atoms with Gasteiger partial charge < -0.3 is 19.6 Å². The lowest BCUT2D eigenvalue weighted by Crippen LogP contribution is -2.55. The molecule has 5 aliphatic rings. The predicted molar refractivity (Wildman–Crippen MR) is 214 cm³/mol. The van der Waals surface area contributed by atoms with Crippen molar-refractivity contribution in [3.8, 4) is 5.75 Å². The molecule has 0 bridgehead atoms. The number of hydrogen-bond donors (Lipinski definition) is 2. The topological polar surface area (TPSA) is 102 Å². The number of benzene rings is 3. The molecule has 9 heteroatoms. The number of piperidine rings is 2. The quantitative estimate of drug-likeness (QED) is 0.156. The third-order valence-electron chi connectivity index (χ3n) is 12.5. The molecular weight excluding hydrogens is 689 g/mol. The summed E-state index contributed by atoms with van der Waals surface area (Å²) in [4.78, 5) is 43.9. The number of fused-ring (bicyclic) bond motifs is 1. The van der Waals surface area contributed by atoms with Gasteiger partial charge in [-0.15, -0.1) is 0 Å². The van der Waals surface area contributed by atoms with Crippen molar-refractivity contribution in [3.63, 3.8) is 0 Å². The zero-order valence-corrected chi connectivity index (χ0v) is 31.8. The number of amides is 3. The summed E-state index contributed by atoms with van der Waals surface area (Å²) < 4.78 is 6.27. The Kier molecular flexibility index (Phi) is 10.6. The molecule has 9 nitrogen and oxygen atoms in total. The second kappa shape index (κ2) is 15.9. The van der Waals surface area contributed by atoms with Gasteiger partial charge in [-0.1, -0.05) is 55.1 Å². The number of rotatable bonds is 11. The lowest BCUT2D eigenvalue weighted by Gasteiger charge is -2.47. The van der Waals surface area contributed by atoms with Crippen molar-refractivity contribution in [1.82, 2.24) is 15.1 Å². The number of ether oxygens (including phenoxy) is 1. The first-order valence-electron chi connectivity index (χ1n) is 20.0. The average Bonchev–Trinajstić information content (AvgIpc) is 3.50. The summed E-state index contributed by atoms with van der Waals surface area (Å²) in [6, 6.07) is 25.4. The van der Waals surface area contributed by atoms with E-state index < -0.39 is 6.04 Å². The molecule has 1 aliphatic carbocycles. The molecule has 2 N–H and O–H groups in total. The highest BCUT2D eigenvalue weighted by Crippen LogP contribution is 2.48. The Morgan fingerprint density at radius 1 is 0.927 bits per heavy atom. The highest BCUT2D eigenvalue weighted by Gasteiger charge is 2.40. The molecule has 3 saturated heterocycles. The van der Waals surface area contributed by atoms with Crippen LogP contribution >= 0.6 is 0 Å². The largest absolute Gasteiger partial charge is 0.513 e. The van der Waals surface area contributed by atoms with Gasteiger partial charge in [0.1, 0.15) is 11.8 Å². The molecule has 3 atom stereocenters. The van der Waals surface area contributed by atoms with Crippen LogP contribution in [0.1, 0.15) is 90.8 Å². The molecule has 8 rings (SSSR count). The number of anilines is 1. The van der Waals surface area contributed by atoms with E-state index in [4.69, 9.17) is 4.74 Å². The fourth-order valence-electron chi connectivity index (χ4n) is 9.63. The van der Waals surface area contributed by atoms with Gasteiger partial charge in [0.2, 0.25) is 11.8 Å². The van der Waals surface area contributed by atoms with Crippen LogP contribution in [0.2, 0.25) is 0 Å². The van der Waals surface area contributed by atoms with Crippen molar-refractivity contribution in [2.24, 2.45) is 5.92 Å². The third kappa shape index (κ3) is 7.72. The van der Waals surface area contributed by atoms with E-state index in [-0.39, 0.29) is 30.1 Å². The van der Waals surface area contributed by atoms with Gasteiger partial charge in [-0.05, 0) is 122 Å². The number of nitrogens with one attached hydrogen (secondary N) is 1. The van der Waals surface area contributed by atoms with E-state index in [0.717, 1.165) is 80.9 Å². The molecule has 286 valence electrons. The fraction of sp³-hybridized carbons (Fsp3) is 0.413. The van der Waals surface area contributed by atoms with Crippen molar-refractivity contribution in [2.75, 3.05) is 37.7 Å². The number of carbonyl (C=O) groups excluding carboxylic acids is 3. The Bertz CT molecular complexity index is 1990. The molecule has 3 unspecified atom stereocenters. The number of aliphatic hydroxyl groups excluding tert-OH is 1. The number of nitrogens with zero attached hydrogens (tertiary/aromatic N) is 3. The van der Waals surface area contributed by atoms with E-state index >= 15 is 0 Å². The Balaban J connectivity index is 0.801. The van der Waals surface area contributed by atoms with Crippen LogP contribution in [0.5, 0.6) is 5.75 Å². The van der Waals surface area contributed by atoms with E-state index in [1.165, 1.54) is 16.7 Å². The van der Waals surface area contributed by atoms with Gasteiger partial charge in [-0.2, -0.15) is 0 Å². The third-order valence-corrected chi connectivity index (χ3v) is 12.5. The lowest BCUT2D eigenvalue weighted by molar-refractivity contribution is -0.136. The molecule has 0 aromatic heterocycles. The Labute approximate surface area is 324 Å². The Hall–Kier alpha value is -5.15. The Morgan fingerprint density at radius 2 is 1.69 bits per heavy atom. The van der Waals surface area contributed by atoms with Gasteiger partial charge in [0, 0.05) is 62.4 Å². The number of allylic oxidation sites excluding steroid dienone is 5. The van der Waals surface area contributed by atoms with Crippen LogP contribution in [0.25, 0.3) is 0 Å². The zero-order valence-electron chi connectivity index (χ0n) is 31.8. The molecule has 55 heavy (non-hydrogen) atoms. The summed E-state index contributed by atoms with van der Waals surface area (Å²) in [5.74, 6) is 1.58. The minimum Gasteiger partial charge on any atom is -0.513 e. The van der Waals surface area contributed by atoms with E-state index in [0.29, 0.717) is 48.8 Å². The standard InChI is InChI=1S/C46H52N4O5/c1-3-39-34(25-30(2)51)11-15-40(32-7-5-4-6-8-32)44(39)33-9-13-38(14-10-33)55-24-21-31-27-49(28-31)36-19-22-48(23-20-36)37-12-16-41-35(26-37)29-50(46(41)54)42-17-18-43(52)47-45(42)53/h3-10,12-14,16,25-26,31,36,40,42,44,51H,1,11,15,17-24,27-29H2,2H3,(H,47,52,53)/b30-25+. The van der Waals surface area contributed by atoms with Gasteiger partial charge in [-0.3, -0.25) is 24.6 Å². The van der Waals surface area contributed by atoms with Gasteiger partial charge in [0.15, 0.2) is 0 Å². The zero-order chi connectivity index (χ0) is 38.1. The minimum atomic E-state index is -0.588. The van der Waals surface area contributed by atoms with Gasteiger partial charge in [0.25, 0.3) is 5.91 Å². The molecular formula is C46H52N4O5. The van der Waals surface area contributed by atoms with Crippen LogP contribution in [0.4, 0.5) is 5.69 Å². The Morgan fingerprint density at radius 3 is 2.40 bits per heavy atom.